The van der Waals surface area contributed by atoms with E-state index in [4.69, 9.17) is 0 Å². The molecule has 6 nitrogen and oxygen atoms in total. The molecule has 0 saturated heterocycles. The first-order valence-electron chi connectivity index (χ1n) is 7.18. The van der Waals surface area contributed by atoms with Crippen molar-refractivity contribution in [3.63, 3.8) is 0 Å². The van der Waals surface area contributed by atoms with Crippen LogP contribution in [-0.4, -0.2) is 25.5 Å². The first kappa shape index (κ1) is 14.2. The fourth-order valence-electron chi connectivity index (χ4n) is 2.37. The van der Waals surface area contributed by atoms with E-state index in [0.29, 0.717) is 5.78 Å². The van der Waals surface area contributed by atoms with E-state index < -0.39 is 0 Å². The molecule has 0 aliphatic heterocycles. The Balaban J connectivity index is 1.96. The number of benzene rings is 1. The number of fused-ring (bicyclic) bond motifs is 1. The third kappa shape index (κ3) is 2.43. The Morgan fingerprint density at radius 1 is 1.27 bits per heavy atom. The molecule has 1 N–H and O–H groups in total. The second-order valence-corrected chi connectivity index (χ2v) is 5.15. The third-order valence-electron chi connectivity index (χ3n) is 3.61. The van der Waals surface area contributed by atoms with Crippen LogP contribution in [0.15, 0.2) is 30.5 Å². The first-order valence-corrected chi connectivity index (χ1v) is 7.18. The van der Waals surface area contributed by atoms with Crippen molar-refractivity contribution < 1.29 is 4.79 Å². The van der Waals surface area contributed by atoms with E-state index in [2.05, 4.69) is 27.3 Å². The van der Waals surface area contributed by atoms with Crippen molar-refractivity contribution in [2.75, 3.05) is 5.32 Å². The summed E-state index contributed by atoms with van der Waals surface area (Å²) in [6.45, 7) is 5.92. The van der Waals surface area contributed by atoms with Gasteiger partial charge in [0.25, 0.3) is 11.7 Å². The van der Waals surface area contributed by atoms with Gasteiger partial charge >= 0.3 is 0 Å². The molecule has 3 rings (SSSR count). The predicted molar refractivity (Wildman–Crippen MR) is 84.0 cm³/mol. The number of rotatable bonds is 3. The number of carbonyl (C=O) groups is 1. The number of hydrogen-bond donors (Lipinski definition) is 1. The Morgan fingerprint density at radius 3 is 2.82 bits per heavy atom. The molecular weight excluding hydrogens is 278 g/mol. The molecule has 0 radical (unpaired) electrons. The van der Waals surface area contributed by atoms with Crippen LogP contribution in [0.3, 0.4) is 0 Å². The van der Waals surface area contributed by atoms with Crippen molar-refractivity contribution in [2.45, 2.75) is 27.2 Å². The number of hydrogen-bond acceptors (Lipinski definition) is 4. The minimum Gasteiger partial charge on any atom is -0.319 e. The van der Waals surface area contributed by atoms with Crippen molar-refractivity contribution in [3.8, 4) is 0 Å². The summed E-state index contributed by atoms with van der Waals surface area (Å²) in [5.74, 6) is 0.214. The molecule has 2 heterocycles. The molecule has 1 amide bonds. The Labute approximate surface area is 128 Å². The van der Waals surface area contributed by atoms with Gasteiger partial charge in [0.05, 0.1) is 0 Å². The highest BCUT2D eigenvalue weighted by atomic mass is 16.2. The number of nitrogens with zero attached hydrogens (tertiary/aromatic N) is 4. The Hall–Kier alpha value is -2.76. The molecule has 0 saturated carbocycles. The van der Waals surface area contributed by atoms with E-state index >= 15 is 0 Å². The highest BCUT2D eigenvalue weighted by Crippen LogP contribution is 2.21. The number of para-hydroxylation sites is 1. The average Bonchev–Trinajstić information content (AvgIpc) is 2.95. The topological polar surface area (TPSA) is 72.2 Å². The Kier molecular flexibility index (Phi) is 3.58. The van der Waals surface area contributed by atoms with Crippen LogP contribution in [0.1, 0.15) is 34.4 Å². The van der Waals surface area contributed by atoms with Gasteiger partial charge in [-0.25, -0.2) is 9.50 Å². The molecule has 22 heavy (non-hydrogen) atoms. The highest BCUT2D eigenvalue weighted by molar-refractivity contribution is 6.02. The zero-order valence-electron chi connectivity index (χ0n) is 12.8. The first-order chi connectivity index (χ1) is 10.6. The van der Waals surface area contributed by atoms with Crippen LogP contribution in [0.4, 0.5) is 5.69 Å². The van der Waals surface area contributed by atoms with E-state index in [1.165, 1.54) is 0 Å². The average molecular weight is 295 g/mol. The second kappa shape index (κ2) is 5.55. The van der Waals surface area contributed by atoms with Gasteiger partial charge in [0.15, 0.2) is 0 Å². The van der Waals surface area contributed by atoms with E-state index in [0.717, 1.165) is 28.9 Å². The maximum absolute atomic E-state index is 12.4. The van der Waals surface area contributed by atoms with E-state index in [9.17, 15) is 4.79 Å². The Morgan fingerprint density at radius 2 is 2.09 bits per heavy atom. The van der Waals surface area contributed by atoms with Crippen molar-refractivity contribution in [1.29, 1.82) is 0 Å². The molecule has 0 aliphatic carbocycles. The summed E-state index contributed by atoms with van der Waals surface area (Å²) in [7, 11) is 0. The van der Waals surface area contributed by atoms with Crippen LogP contribution in [0.2, 0.25) is 0 Å². The van der Waals surface area contributed by atoms with Gasteiger partial charge in [0.1, 0.15) is 0 Å². The van der Waals surface area contributed by atoms with E-state index in [1.807, 2.05) is 38.1 Å². The second-order valence-electron chi connectivity index (χ2n) is 5.15. The molecule has 3 aromatic rings. The number of amides is 1. The summed E-state index contributed by atoms with van der Waals surface area (Å²) in [5, 5.41) is 7.15. The normalized spacial score (nSPS) is 10.9. The van der Waals surface area contributed by atoms with Gasteiger partial charge in [-0.1, -0.05) is 25.1 Å². The number of aromatic nitrogens is 4. The lowest BCUT2D eigenvalue weighted by Crippen LogP contribution is -2.16. The van der Waals surface area contributed by atoms with Crippen molar-refractivity contribution in [2.24, 2.45) is 0 Å². The summed E-state index contributed by atoms with van der Waals surface area (Å²) in [6, 6.07) is 7.78. The molecule has 0 spiro atoms. The highest BCUT2D eigenvalue weighted by Gasteiger charge is 2.16. The maximum Gasteiger partial charge on any atom is 0.295 e. The lowest BCUT2D eigenvalue weighted by molar-refractivity contribution is 0.101. The smallest absolute Gasteiger partial charge is 0.295 e. The number of carbonyl (C=O) groups excluding carboxylic acids is 1. The molecule has 6 heteroatoms. The molecule has 0 atom stereocenters. The number of aryl methyl sites for hydroxylation is 3. The molecular formula is C16H17N5O. The van der Waals surface area contributed by atoms with Gasteiger partial charge in [0, 0.05) is 17.6 Å². The van der Waals surface area contributed by atoms with Crippen LogP contribution in [0, 0.1) is 13.8 Å². The van der Waals surface area contributed by atoms with Gasteiger partial charge < -0.3 is 5.32 Å². The lowest BCUT2D eigenvalue weighted by Gasteiger charge is -2.11. The fourth-order valence-corrected chi connectivity index (χ4v) is 2.37. The molecule has 0 aliphatic rings. The quantitative estimate of drug-likeness (QED) is 0.806. The number of nitrogens with one attached hydrogen (secondary N) is 1. The number of anilines is 1. The van der Waals surface area contributed by atoms with Crippen molar-refractivity contribution in [3.05, 3.63) is 53.1 Å². The summed E-state index contributed by atoms with van der Waals surface area (Å²) in [6.07, 6.45) is 2.49. The molecule has 2 aromatic heterocycles. The SMILES string of the molecule is CCc1cccc(C)c1NC(=O)c1nc2nccc(C)n2n1. The van der Waals surface area contributed by atoms with Crippen LogP contribution in [0.25, 0.3) is 5.78 Å². The van der Waals surface area contributed by atoms with Gasteiger partial charge in [-0.2, -0.15) is 4.98 Å². The standard InChI is InChI=1S/C16H17N5O/c1-4-12-7-5-6-10(2)13(12)18-15(22)14-19-16-17-9-8-11(3)21(16)20-14/h5-9H,4H2,1-3H3,(H,18,22). The van der Waals surface area contributed by atoms with Crippen molar-refractivity contribution >= 4 is 17.4 Å². The van der Waals surface area contributed by atoms with Crippen LogP contribution < -0.4 is 5.32 Å². The predicted octanol–water partition coefficient (Wildman–Crippen LogP) is 2.56. The summed E-state index contributed by atoms with van der Waals surface area (Å²) in [5.41, 5.74) is 3.82. The van der Waals surface area contributed by atoms with E-state index in [1.54, 1.807) is 10.7 Å². The van der Waals surface area contributed by atoms with Crippen LogP contribution >= 0.6 is 0 Å². The van der Waals surface area contributed by atoms with Gasteiger partial charge in [-0.05, 0) is 37.5 Å². The van der Waals surface area contributed by atoms with E-state index in [-0.39, 0.29) is 11.7 Å². The van der Waals surface area contributed by atoms with Crippen LogP contribution in [-0.2, 0) is 6.42 Å². The summed E-state index contributed by atoms with van der Waals surface area (Å²) < 4.78 is 1.56. The van der Waals surface area contributed by atoms with Gasteiger partial charge in [-0.15, -0.1) is 5.10 Å². The van der Waals surface area contributed by atoms with Crippen LogP contribution in [0.5, 0.6) is 0 Å². The minimum absolute atomic E-state index is 0.118. The Bertz CT molecular complexity index is 853. The summed E-state index contributed by atoms with van der Waals surface area (Å²) >= 11 is 0. The molecule has 1 aromatic carbocycles. The van der Waals surface area contributed by atoms with Gasteiger partial charge in [-0.3, -0.25) is 4.79 Å². The van der Waals surface area contributed by atoms with Gasteiger partial charge in [0.2, 0.25) is 5.82 Å². The zero-order valence-corrected chi connectivity index (χ0v) is 12.8. The molecule has 0 fully saturated rings. The fraction of sp³-hybridized carbons (Fsp3) is 0.250. The lowest BCUT2D eigenvalue weighted by atomic mass is 10.1. The molecule has 0 unspecified atom stereocenters. The largest absolute Gasteiger partial charge is 0.319 e. The maximum atomic E-state index is 12.4. The molecule has 0 bridgehead atoms. The monoisotopic (exact) mass is 295 g/mol. The minimum atomic E-state index is -0.325. The third-order valence-corrected chi connectivity index (χ3v) is 3.61. The summed E-state index contributed by atoms with van der Waals surface area (Å²) in [4.78, 5) is 20.7. The zero-order chi connectivity index (χ0) is 15.7. The van der Waals surface area contributed by atoms with Crippen molar-refractivity contribution in [1.82, 2.24) is 19.6 Å². The molecule has 112 valence electrons.